The van der Waals surface area contributed by atoms with E-state index in [9.17, 15) is 0 Å². The summed E-state index contributed by atoms with van der Waals surface area (Å²) >= 11 is 9.93. The molecule has 0 saturated heterocycles. The number of aryl methyl sites for hydroxylation is 1. The molecule has 1 atom stereocenters. The molecule has 0 aliphatic heterocycles. The van der Waals surface area contributed by atoms with Gasteiger partial charge in [-0.2, -0.15) is 0 Å². The van der Waals surface area contributed by atoms with Crippen molar-refractivity contribution in [3.63, 3.8) is 0 Å². The van der Waals surface area contributed by atoms with Crippen molar-refractivity contribution in [3.05, 3.63) is 45.1 Å². The molecule has 0 aliphatic carbocycles. The molecule has 0 aliphatic rings. The second-order valence-electron chi connectivity index (χ2n) is 4.93. The van der Waals surface area contributed by atoms with Gasteiger partial charge in [0.15, 0.2) is 0 Å². The molecule has 21 heavy (non-hydrogen) atoms. The molecule has 0 saturated carbocycles. The highest BCUT2D eigenvalue weighted by atomic mass is 79.9. The molecule has 0 spiro atoms. The standard InChI is InChI=1S/C15H20BrClN4/c1-3-7-18-15(12-9-11(16)5-6-13(12)17)14-10-19-20-21(14)8-4-2/h5-6,9-10,15,18H,3-4,7-8H2,1-2H3. The van der Waals surface area contributed by atoms with E-state index < -0.39 is 0 Å². The molecule has 114 valence electrons. The molecule has 0 bridgehead atoms. The Morgan fingerprint density at radius 3 is 2.86 bits per heavy atom. The lowest BCUT2D eigenvalue weighted by Gasteiger charge is -2.21. The third-order valence-electron chi connectivity index (χ3n) is 3.25. The van der Waals surface area contributed by atoms with Crippen LogP contribution >= 0.6 is 27.5 Å². The molecule has 2 aromatic rings. The van der Waals surface area contributed by atoms with Gasteiger partial charge in [0.05, 0.1) is 17.9 Å². The van der Waals surface area contributed by atoms with E-state index in [1.165, 1.54) is 0 Å². The van der Waals surface area contributed by atoms with Gasteiger partial charge in [0.2, 0.25) is 0 Å². The minimum atomic E-state index is -0.00324. The molecule has 4 nitrogen and oxygen atoms in total. The summed E-state index contributed by atoms with van der Waals surface area (Å²) in [5.74, 6) is 0. The van der Waals surface area contributed by atoms with Crippen LogP contribution in [0.25, 0.3) is 0 Å². The van der Waals surface area contributed by atoms with Crippen molar-refractivity contribution in [2.75, 3.05) is 6.54 Å². The molecular formula is C15H20BrClN4. The van der Waals surface area contributed by atoms with Gasteiger partial charge in [0.25, 0.3) is 0 Å². The van der Waals surface area contributed by atoms with Crippen LogP contribution in [0.5, 0.6) is 0 Å². The maximum Gasteiger partial charge on any atom is 0.0802 e. The van der Waals surface area contributed by atoms with Gasteiger partial charge in [-0.1, -0.05) is 46.6 Å². The smallest absolute Gasteiger partial charge is 0.0802 e. The summed E-state index contributed by atoms with van der Waals surface area (Å²) in [6.07, 6.45) is 3.89. The van der Waals surface area contributed by atoms with Crippen LogP contribution in [0.2, 0.25) is 5.02 Å². The average molecular weight is 372 g/mol. The second kappa shape index (κ2) is 7.92. The molecule has 1 aromatic heterocycles. The summed E-state index contributed by atoms with van der Waals surface area (Å²) in [5, 5.41) is 12.5. The summed E-state index contributed by atoms with van der Waals surface area (Å²) < 4.78 is 2.96. The Morgan fingerprint density at radius 1 is 1.33 bits per heavy atom. The summed E-state index contributed by atoms with van der Waals surface area (Å²) in [7, 11) is 0. The molecular weight excluding hydrogens is 352 g/mol. The number of rotatable bonds is 7. The van der Waals surface area contributed by atoms with Crippen molar-refractivity contribution in [1.29, 1.82) is 0 Å². The lowest BCUT2D eigenvalue weighted by molar-refractivity contribution is 0.504. The monoisotopic (exact) mass is 370 g/mol. The summed E-state index contributed by atoms with van der Waals surface area (Å²) in [6, 6.07) is 5.91. The van der Waals surface area contributed by atoms with Crippen LogP contribution < -0.4 is 5.32 Å². The number of aromatic nitrogens is 3. The van der Waals surface area contributed by atoms with Crippen LogP contribution in [0.15, 0.2) is 28.9 Å². The van der Waals surface area contributed by atoms with Crippen LogP contribution in [0.4, 0.5) is 0 Å². The third kappa shape index (κ3) is 4.05. The highest BCUT2D eigenvalue weighted by Crippen LogP contribution is 2.30. The van der Waals surface area contributed by atoms with E-state index in [0.717, 1.165) is 46.7 Å². The third-order valence-corrected chi connectivity index (χ3v) is 4.08. The van der Waals surface area contributed by atoms with Crippen LogP contribution in [-0.4, -0.2) is 21.5 Å². The summed E-state index contributed by atoms with van der Waals surface area (Å²) in [6.45, 7) is 6.04. The Labute approximate surface area is 139 Å². The molecule has 1 unspecified atom stereocenters. The largest absolute Gasteiger partial charge is 0.305 e. The number of benzene rings is 1. The molecule has 6 heteroatoms. The van der Waals surface area contributed by atoms with E-state index in [2.05, 4.69) is 51.5 Å². The maximum atomic E-state index is 6.41. The highest BCUT2D eigenvalue weighted by Gasteiger charge is 2.21. The predicted octanol–water partition coefficient (Wildman–Crippen LogP) is 4.19. The first-order valence-electron chi connectivity index (χ1n) is 7.24. The van der Waals surface area contributed by atoms with Crippen LogP contribution in [-0.2, 0) is 6.54 Å². The van der Waals surface area contributed by atoms with E-state index in [0.29, 0.717) is 0 Å². The fraction of sp³-hybridized carbons (Fsp3) is 0.467. The second-order valence-corrected chi connectivity index (χ2v) is 6.26. The maximum absolute atomic E-state index is 6.41. The molecule has 1 heterocycles. The first kappa shape index (κ1) is 16.5. The quantitative estimate of drug-likeness (QED) is 0.793. The van der Waals surface area contributed by atoms with Gasteiger partial charge >= 0.3 is 0 Å². The van der Waals surface area contributed by atoms with Crippen molar-refractivity contribution < 1.29 is 0 Å². The predicted molar refractivity (Wildman–Crippen MR) is 89.6 cm³/mol. The first-order valence-corrected chi connectivity index (χ1v) is 8.41. The van der Waals surface area contributed by atoms with Gasteiger partial charge in [-0.15, -0.1) is 5.10 Å². The Kier molecular flexibility index (Phi) is 6.21. The number of nitrogens with one attached hydrogen (secondary N) is 1. The Bertz CT molecular complexity index is 585. The minimum absolute atomic E-state index is 0.00324. The molecule has 0 amide bonds. The normalized spacial score (nSPS) is 12.6. The van der Waals surface area contributed by atoms with Gasteiger partial charge in [-0.3, -0.25) is 0 Å². The van der Waals surface area contributed by atoms with Crippen LogP contribution in [0.1, 0.15) is 44.0 Å². The van der Waals surface area contributed by atoms with Crippen molar-refractivity contribution in [1.82, 2.24) is 20.3 Å². The van der Waals surface area contributed by atoms with Crippen molar-refractivity contribution in [2.45, 2.75) is 39.3 Å². The number of halogens is 2. The Hall–Kier alpha value is -0.910. The van der Waals surface area contributed by atoms with E-state index >= 15 is 0 Å². The van der Waals surface area contributed by atoms with Gasteiger partial charge < -0.3 is 5.32 Å². The topological polar surface area (TPSA) is 42.7 Å². The molecule has 0 radical (unpaired) electrons. The van der Waals surface area contributed by atoms with E-state index in [-0.39, 0.29) is 6.04 Å². The van der Waals surface area contributed by atoms with Gasteiger partial charge in [-0.05, 0) is 43.1 Å². The van der Waals surface area contributed by atoms with Crippen LogP contribution in [0.3, 0.4) is 0 Å². The van der Waals surface area contributed by atoms with E-state index in [1.54, 1.807) is 0 Å². The average Bonchev–Trinajstić information content (AvgIpc) is 2.92. The van der Waals surface area contributed by atoms with Crippen LogP contribution in [0, 0.1) is 0 Å². The van der Waals surface area contributed by atoms with Crippen molar-refractivity contribution in [2.24, 2.45) is 0 Å². The lowest BCUT2D eigenvalue weighted by Crippen LogP contribution is -2.26. The van der Waals surface area contributed by atoms with Gasteiger partial charge in [0.1, 0.15) is 0 Å². The minimum Gasteiger partial charge on any atom is -0.305 e. The Balaban J connectivity index is 2.42. The van der Waals surface area contributed by atoms with Crippen molar-refractivity contribution >= 4 is 27.5 Å². The Morgan fingerprint density at radius 2 is 2.14 bits per heavy atom. The van der Waals surface area contributed by atoms with E-state index in [1.807, 2.05) is 23.0 Å². The molecule has 2 rings (SSSR count). The lowest BCUT2D eigenvalue weighted by atomic mass is 10.0. The SMILES string of the molecule is CCCNC(c1cc(Br)ccc1Cl)c1cnnn1CCC. The fourth-order valence-corrected chi connectivity index (χ4v) is 2.88. The number of hydrogen-bond donors (Lipinski definition) is 1. The zero-order valence-electron chi connectivity index (χ0n) is 12.3. The van der Waals surface area contributed by atoms with E-state index in [4.69, 9.17) is 11.6 Å². The number of nitrogens with zero attached hydrogens (tertiary/aromatic N) is 3. The molecule has 1 aromatic carbocycles. The molecule has 1 N–H and O–H groups in total. The summed E-state index contributed by atoms with van der Waals surface area (Å²) in [5.41, 5.74) is 2.09. The van der Waals surface area contributed by atoms with Gasteiger partial charge in [0, 0.05) is 16.0 Å². The summed E-state index contributed by atoms with van der Waals surface area (Å²) in [4.78, 5) is 0. The zero-order chi connectivity index (χ0) is 15.2. The number of hydrogen-bond acceptors (Lipinski definition) is 3. The highest BCUT2D eigenvalue weighted by molar-refractivity contribution is 9.10. The fourth-order valence-electron chi connectivity index (χ4n) is 2.27. The molecule has 0 fully saturated rings. The van der Waals surface area contributed by atoms with Crippen molar-refractivity contribution in [3.8, 4) is 0 Å². The van der Waals surface area contributed by atoms with Gasteiger partial charge in [-0.25, -0.2) is 4.68 Å². The zero-order valence-corrected chi connectivity index (χ0v) is 14.7. The first-order chi connectivity index (χ1) is 10.2.